The fraction of sp³-hybridized carbons (Fsp3) is 0.0526. The molecule has 130 valence electrons. The van der Waals surface area contributed by atoms with Crippen LogP contribution >= 0.6 is 0 Å². The number of rotatable bonds is 6. The van der Waals surface area contributed by atoms with Crippen molar-refractivity contribution in [1.29, 1.82) is 0 Å². The van der Waals surface area contributed by atoms with Crippen LogP contribution in [0.3, 0.4) is 0 Å². The minimum atomic E-state index is -1.25. The van der Waals surface area contributed by atoms with E-state index in [-0.39, 0.29) is 11.4 Å². The van der Waals surface area contributed by atoms with E-state index in [0.717, 1.165) is 0 Å². The Morgan fingerprint density at radius 2 is 1.65 bits per heavy atom. The number of furan rings is 1. The van der Waals surface area contributed by atoms with E-state index in [1.54, 1.807) is 30.3 Å². The van der Waals surface area contributed by atoms with Crippen molar-refractivity contribution in [2.45, 2.75) is 6.10 Å². The normalized spacial score (nSPS) is 11.5. The van der Waals surface area contributed by atoms with Gasteiger partial charge in [-0.3, -0.25) is 14.9 Å². The molecule has 7 nitrogen and oxygen atoms in total. The lowest BCUT2D eigenvalue weighted by atomic mass is 9.99. The molecule has 0 spiro atoms. The van der Waals surface area contributed by atoms with Crippen LogP contribution in [-0.2, 0) is 4.74 Å². The first kappa shape index (κ1) is 17.1. The summed E-state index contributed by atoms with van der Waals surface area (Å²) in [5.74, 6) is -1.29. The van der Waals surface area contributed by atoms with Crippen molar-refractivity contribution in [2.75, 3.05) is 0 Å². The summed E-state index contributed by atoms with van der Waals surface area (Å²) in [6, 6.07) is 16.6. The second-order valence-corrected chi connectivity index (χ2v) is 5.34. The molecule has 0 amide bonds. The van der Waals surface area contributed by atoms with E-state index in [2.05, 4.69) is 0 Å². The van der Waals surface area contributed by atoms with Gasteiger partial charge in [0, 0.05) is 23.3 Å². The van der Waals surface area contributed by atoms with Crippen LogP contribution in [0.2, 0.25) is 0 Å². The number of ether oxygens (including phenoxy) is 1. The van der Waals surface area contributed by atoms with Crippen molar-refractivity contribution in [3.8, 4) is 0 Å². The Morgan fingerprint density at radius 1 is 0.962 bits per heavy atom. The number of non-ortho nitro benzene ring substituents is 1. The molecule has 3 rings (SSSR count). The van der Waals surface area contributed by atoms with Crippen molar-refractivity contribution in [3.63, 3.8) is 0 Å². The lowest BCUT2D eigenvalue weighted by Crippen LogP contribution is -2.20. The van der Waals surface area contributed by atoms with Gasteiger partial charge in [-0.05, 0) is 24.3 Å². The molecule has 26 heavy (non-hydrogen) atoms. The van der Waals surface area contributed by atoms with Gasteiger partial charge in [0.1, 0.15) is 0 Å². The summed E-state index contributed by atoms with van der Waals surface area (Å²) in [6.07, 6.45) is 0.0621. The highest BCUT2D eigenvalue weighted by Crippen LogP contribution is 2.26. The van der Waals surface area contributed by atoms with Crippen LogP contribution in [0.1, 0.15) is 32.6 Å². The van der Waals surface area contributed by atoms with E-state index in [1.807, 2.05) is 0 Å². The van der Waals surface area contributed by atoms with Gasteiger partial charge in [0.15, 0.2) is 6.10 Å². The Morgan fingerprint density at radius 3 is 2.23 bits per heavy atom. The summed E-state index contributed by atoms with van der Waals surface area (Å²) < 4.78 is 10.3. The Labute approximate surface area is 148 Å². The Kier molecular flexibility index (Phi) is 4.89. The third kappa shape index (κ3) is 3.67. The smallest absolute Gasteiger partial charge is 0.375 e. The van der Waals surface area contributed by atoms with Gasteiger partial charge in [-0.15, -0.1) is 0 Å². The zero-order valence-electron chi connectivity index (χ0n) is 13.4. The molecule has 3 aromatic rings. The highest BCUT2D eigenvalue weighted by molar-refractivity contribution is 6.01. The maximum Gasteiger partial charge on any atom is 0.375 e. The van der Waals surface area contributed by atoms with Crippen molar-refractivity contribution in [1.82, 2.24) is 0 Å². The van der Waals surface area contributed by atoms with E-state index in [0.29, 0.717) is 11.1 Å². The third-order valence-electron chi connectivity index (χ3n) is 3.65. The summed E-state index contributed by atoms with van der Waals surface area (Å²) >= 11 is 0. The first-order valence-electron chi connectivity index (χ1n) is 7.64. The summed E-state index contributed by atoms with van der Waals surface area (Å²) in [5.41, 5.74) is 0.546. The van der Waals surface area contributed by atoms with Crippen molar-refractivity contribution < 1.29 is 23.7 Å². The van der Waals surface area contributed by atoms with E-state index in [1.165, 1.54) is 42.7 Å². The molecule has 0 saturated heterocycles. The zero-order chi connectivity index (χ0) is 18.5. The highest BCUT2D eigenvalue weighted by atomic mass is 16.6. The summed E-state index contributed by atoms with van der Waals surface area (Å²) in [5, 5.41) is 10.8. The molecule has 0 fully saturated rings. The average Bonchev–Trinajstić information content (AvgIpc) is 3.21. The second kappa shape index (κ2) is 7.43. The number of benzene rings is 2. The SMILES string of the molecule is O=C(O[C@@H](C(=O)c1ccccc1)c1ccc([N+](=O)[O-])cc1)c1ccco1. The van der Waals surface area contributed by atoms with Crippen LogP contribution in [0.25, 0.3) is 0 Å². The average molecular weight is 351 g/mol. The van der Waals surface area contributed by atoms with Crippen LogP contribution in [0.4, 0.5) is 5.69 Å². The number of hydrogen-bond acceptors (Lipinski definition) is 6. The van der Waals surface area contributed by atoms with Gasteiger partial charge in [-0.1, -0.05) is 30.3 Å². The Hall–Kier alpha value is -3.74. The molecule has 0 aliphatic carbocycles. The molecule has 1 heterocycles. The molecule has 0 saturated carbocycles. The number of nitro benzene ring substituents is 1. The van der Waals surface area contributed by atoms with E-state index in [4.69, 9.17) is 9.15 Å². The maximum atomic E-state index is 12.8. The number of nitrogens with zero attached hydrogens (tertiary/aromatic N) is 1. The van der Waals surface area contributed by atoms with Crippen molar-refractivity contribution in [3.05, 3.63) is 100.0 Å². The van der Waals surface area contributed by atoms with E-state index >= 15 is 0 Å². The van der Waals surface area contributed by atoms with Crippen LogP contribution in [0, 0.1) is 10.1 Å². The Balaban J connectivity index is 1.94. The van der Waals surface area contributed by atoms with E-state index < -0.39 is 22.8 Å². The van der Waals surface area contributed by atoms with Gasteiger partial charge in [0.25, 0.3) is 5.69 Å². The maximum absolute atomic E-state index is 12.8. The molecule has 1 aromatic heterocycles. The molecule has 7 heteroatoms. The first-order chi connectivity index (χ1) is 12.6. The first-order valence-corrected chi connectivity index (χ1v) is 7.64. The van der Waals surface area contributed by atoms with Crippen molar-refractivity contribution in [2.24, 2.45) is 0 Å². The summed E-state index contributed by atoms with van der Waals surface area (Å²) in [6.45, 7) is 0. The minimum Gasteiger partial charge on any atom is -0.457 e. The summed E-state index contributed by atoms with van der Waals surface area (Å²) in [7, 11) is 0. The molecule has 0 unspecified atom stereocenters. The van der Waals surface area contributed by atoms with E-state index in [9.17, 15) is 19.7 Å². The van der Waals surface area contributed by atoms with Crippen LogP contribution < -0.4 is 0 Å². The quantitative estimate of drug-likeness (QED) is 0.288. The lowest BCUT2D eigenvalue weighted by molar-refractivity contribution is -0.384. The molecule has 2 aromatic carbocycles. The van der Waals surface area contributed by atoms with Crippen LogP contribution in [-0.4, -0.2) is 16.7 Å². The third-order valence-corrected chi connectivity index (χ3v) is 3.65. The molecule has 0 aliphatic heterocycles. The van der Waals surface area contributed by atoms with Crippen LogP contribution in [0.15, 0.2) is 77.4 Å². The zero-order valence-corrected chi connectivity index (χ0v) is 13.4. The number of nitro groups is 1. The second-order valence-electron chi connectivity index (χ2n) is 5.34. The molecule has 0 aliphatic rings. The number of carbonyl (C=O) groups excluding carboxylic acids is 2. The largest absolute Gasteiger partial charge is 0.457 e. The molecule has 0 N–H and O–H groups in total. The standard InChI is InChI=1S/C19H13NO6/c21-17(13-5-2-1-3-6-13)18(26-19(22)16-7-4-12-25-16)14-8-10-15(11-9-14)20(23)24/h1-12,18H/t18-/m1/s1. The predicted octanol–water partition coefficient (Wildman–Crippen LogP) is 3.97. The van der Waals surface area contributed by atoms with Gasteiger partial charge in [-0.25, -0.2) is 4.79 Å². The number of hydrogen-bond donors (Lipinski definition) is 0. The number of carbonyl (C=O) groups is 2. The van der Waals surface area contributed by atoms with Gasteiger partial charge < -0.3 is 9.15 Å². The molecule has 0 bridgehead atoms. The van der Waals surface area contributed by atoms with Gasteiger partial charge in [0.05, 0.1) is 11.2 Å². The fourth-order valence-electron chi connectivity index (χ4n) is 2.36. The molecular formula is C19H13NO6. The molecule has 1 atom stereocenters. The molecule has 0 radical (unpaired) electrons. The lowest BCUT2D eigenvalue weighted by Gasteiger charge is -2.16. The topological polar surface area (TPSA) is 99.7 Å². The monoisotopic (exact) mass is 351 g/mol. The number of esters is 1. The summed E-state index contributed by atoms with van der Waals surface area (Å²) in [4.78, 5) is 35.3. The fourth-order valence-corrected chi connectivity index (χ4v) is 2.36. The van der Waals surface area contributed by atoms with Gasteiger partial charge >= 0.3 is 5.97 Å². The minimum absolute atomic E-state index is 0.0437. The van der Waals surface area contributed by atoms with Crippen molar-refractivity contribution >= 4 is 17.4 Å². The number of Topliss-reactive ketones (excluding diaryl/α,β-unsaturated/α-hetero) is 1. The Bertz CT molecular complexity index is 916. The number of ketones is 1. The predicted molar refractivity (Wildman–Crippen MR) is 90.7 cm³/mol. The van der Waals surface area contributed by atoms with Gasteiger partial charge in [0.2, 0.25) is 11.5 Å². The van der Waals surface area contributed by atoms with Crippen LogP contribution in [0.5, 0.6) is 0 Å². The molecular weight excluding hydrogens is 338 g/mol. The highest BCUT2D eigenvalue weighted by Gasteiger charge is 2.28. The van der Waals surface area contributed by atoms with Gasteiger partial charge in [-0.2, -0.15) is 0 Å².